The Kier molecular flexibility index (Phi) is 3.37. The Bertz CT molecular complexity index is 757. The molecule has 4 nitrogen and oxygen atoms in total. The number of nitrogens with zero attached hydrogens (tertiary/aromatic N) is 2. The molecule has 2 aromatic carbocycles. The van der Waals surface area contributed by atoms with Crippen molar-refractivity contribution in [2.75, 3.05) is 11.4 Å². The van der Waals surface area contributed by atoms with Gasteiger partial charge in [-0.3, -0.25) is 9.59 Å². The Morgan fingerprint density at radius 1 is 0.957 bits per heavy atom. The van der Waals surface area contributed by atoms with Gasteiger partial charge in [0.05, 0.1) is 17.8 Å². The van der Waals surface area contributed by atoms with Gasteiger partial charge in [-0.25, -0.2) is 0 Å². The topological polar surface area (TPSA) is 40.6 Å². The number of benzene rings is 2. The monoisotopic (exact) mass is 306 g/mol. The van der Waals surface area contributed by atoms with E-state index < -0.39 is 0 Å². The van der Waals surface area contributed by atoms with Crippen molar-refractivity contribution in [2.24, 2.45) is 0 Å². The van der Waals surface area contributed by atoms with E-state index in [1.807, 2.05) is 54.6 Å². The molecule has 0 bridgehead atoms. The Morgan fingerprint density at radius 3 is 2.52 bits per heavy atom. The highest BCUT2D eigenvalue weighted by atomic mass is 16.2. The number of para-hydroxylation sites is 1. The van der Waals surface area contributed by atoms with Crippen molar-refractivity contribution in [2.45, 2.75) is 25.4 Å². The molecule has 2 amide bonds. The molecule has 1 saturated heterocycles. The molecule has 23 heavy (non-hydrogen) atoms. The molecule has 116 valence electrons. The second kappa shape index (κ2) is 5.54. The maximum Gasteiger partial charge on any atom is 0.256 e. The maximum absolute atomic E-state index is 13.1. The molecule has 2 heterocycles. The van der Waals surface area contributed by atoms with Crippen molar-refractivity contribution in [1.82, 2.24) is 4.90 Å². The van der Waals surface area contributed by atoms with Crippen LogP contribution in [0.15, 0.2) is 54.6 Å². The van der Waals surface area contributed by atoms with Gasteiger partial charge in [-0.1, -0.05) is 42.5 Å². The zero-order chi connectivity index (χ0) is 15.8. The first-order valence-electron chi connectivity index (χ1n) is 8.01. The van der Waals surface area contributed by atoms with Crippen molar-refractivity contribution in [1.29, 1.82) is 0 Å². The van der Waals surface area contributed by atoms with Gasteiger partial charge in [0.25, 0.3) is 5.91 Å². The number of amides is 2. The second-order valence-electron chi connectivity index (χ2n) is 6.08. The lowest BCUT2D eigenvalue weighted by Gasteiger charge is -2.26. The number of carbonyl (C=O) groups is 2. The summed E-state index contributed by atoms with van der Waals surface area (Å²) in [6.07, 6.45) is 1.65. The molecule has 4 heteroatoms. The van der Waals surface area contributed by atoms with Crippen LogP contribution in [0.1, 0.15) is 28.8 Å². The summed E-state index contributed by atoms with van der Waals surface area (Å²) in [6, 6.07) is 17.0. The van der Waals surface area contributed by atoms with E-state index in [0.29, 0.717) is 18.7 Å². The average molecular weight is 306 g/mol. The van der Waals surface area contributed by atoms with Gasteiger partial charge in [0.15, 0.2) is 0 Å². The zero-order valence-electron chi connectivity index (χ0n) is 12.8. The molecule has 1 atom stereocenters. The summed E-state index contributed by atoms with van der Waals surface area (Å²) in [5.74, 6) is 0.0108. The van der Waals surface area contributed by atoms with Gasteiger partial charge in [-0.15, -0.1) is 0 Å². The first-order chi connectivity index (χ1) is 11.3. The molecule has 2 aliphatic rings. The number of fused-ring (bicyclic) bond motifs is 2. The summed E-state index contributed by atoms with van der Waals surface area (Å²) in [5.41, 5.74) is 2.41. The fraction of sp³-hybridized carbons (Fsp3) is 0.263. The third-order valence-electron chi connectivity index (χ3n) is 4.67. The van der Waals surface area contributed by atoms with Crippen molar-refractivity contribution in [3.8, 4) is 0 Å². The van der Waals surface area contributed by atoms with E-state index in [1.165, 1.54) is 0 Å². The normalized spacial score (nSPS) is 20.3. The predicted molar refractivity (Wildman–Crippen MR) is 88.1 cm³/mol. The molecule has 0 aromatic heterocycles. The molecule has 1 fully saturated rings. The third kappa shape index (κ3) is 2.31. The molecule has 4 rings (SSSR count). The van der Waals surface area contributed by atoms with Crippen LogP contribution in [-0.4, -0.2) is 29.3 Å². The highest BCUT2D eigenvalue weighted by molar-refractivity contribution is 6.11. The maximum atomic E-state index is 13.1. The molecule has 2 aliphatic heterocycles. The van der Waals surface area contributed by atoms with Gasteiger partial charge in [0.2, 0.25) is 5.91 Å². The van der Waals surface area contributed by atoms with E-state index >= 15 is 0 Å². The molecule has 1 unspecified atom stereocenters. The SMILES string of the molecule is O=C1C2CCCN2C(=O)c2ccccc2N1Cc1ccccc1. The van der Waals surface area contributed by atoms with Crippen molar-refractivity contribution >= 4 is 17.5 Å². The minimum atomic E-state index is -0.321. The van der Waals surface area contributed by atoms with Gasteiger partial charge < -0.3 is 9.80 Å². The van der Waals surface area contributed by atoms with E-state index in [4.69, 9.17) is 0 Å². The summed E-state index contributed by atoms with van der Waals surface area (Å²) < 4.78 is 0. The molecule has 0 spiro atoms. The minimum absolute atomic E-state index is 0.0213. The van der Waals surface area contributed by atoms with Crippen molar-refractivity contribution < 1.29 is 9.59 Å². The first kappa shape index (κ1) is 14.0. The van der Waals surface area contributed by atoms with Crippen LogP contribution in [0, 0.1) is 0 Å². The lowest BCUT2D eigenvalue weighted by molar-refractivity contribution is -0.122. The fourth-order valence-corrected chi connectivity index (χ4v) is 3.54. The van der Waals surface area contributed by atoms with Gasteiger partial charge in [-0.05, 0) is 30.5 Å². The minimum Gasteiger partial charge on any atom is -0.327 e. The molecular formula is C19H18N2O2. The van der Waals surface area contributed by atoms with Crippen LogP contribution in [0.2, 0.25) is 0 Å². The molecule has 0 radical (unpaired) electrons. The summed E-state index contributed by atoms with van der Waals surface area (Å²) >= 11 is 0. The molecule has 0 saturated carbocycles. The Balaban J connectivity index is 1.81. The van der Waals surface area contributed by atoms with Gasteiger partial charge in [0.1, 0.15) is 6.04 Å². The van der Waals surface area contributed by atoms with E-state index in [2.05, 4.69) is 0 Å². The van der Waals surface area contributed by atoms with Crippen molar-refractivity contribution in [3.05, 3.63) is 65.7 Å². The lowest BCUT2D eigenvalue weighted by atomic mass is 10.1. The predicted octanol–water partition coefficient (Wildman–Crippen LogP) is 2.84. The smallest absolute Gasteiger partial charge is 0.256 e. The van der Waals surface area contributed by atoms with E-state index in [-0.39, 0.29) is 17.9 Å². The van der Waals surface area contributed by atoms with E-state index in [9.17, 15) is 9.59 Å². The summed E-state index contributed by atoms with van der Waals surface area (Å²) in [4.78, 5) is 29.4. The fourth-order valence-electron chi connectivity index (χ4n) is 3.54. The number of anilines is 1. The van der Waals surface area contributed by atoms with Gasteiger partial charge >= 0.3 is 0 Å². The Labute approximate surface area is 135 Å². The molecular weight excluding hydrogens is 288 g/mol. The highest BCUT2D eigenvalue weighted by Crippen LogP contribution is 2.33. The van der Waals surface area contributed by atoms with Crippen LogP contribution >= 0.6 is 0 Å². The van der Waals surface area contributed by atoms with Crippen molar-refractivity contribution in [3.63, 3.8) is 0 Å². The van der Waals surface area contributed by atoms with Crippen LogP contribution < -0.4 is 4.90 Å². The Hall–Kier alpha value is -2.62. The summed E-state index contributed by atoms with van der Waals surface area (Å²) in [6.45, 7) is 1.16. The largest absolute Gasteiger partial charge is 0.327 e. The lowest BCUT2D eigenvalue weighted by Crippen LogP contribution is -2.44. The van der Waals surface area contributed by atoms with Gasteiger partial charge in [-0.2, -0.15) is 0 Å². The van der Waals surface area contributed by atoms with E-state index in [1.54, 1.807) is 9.80 Å². The molecule has 0 aliphatic carbocycles. The van der Waals surface area contributed by atoms with E-state index in [0.717, 1.165) is 24.1 Å². The first-order valence-corrected chi connectivity index (χ1v) is 8.01. The second-order valence-corrected chi connectivity index (χ2v) is 6.08. The van der Waals surface area contributed by atoms with Crippen LogP contribution in [0.3, 0.4) is 0 Å². The number of hydrogen-bond acceptors (Lipinski definition) is 2. The average Bonchev–Trinajstić information content (AvgIpc) is 3.06. The van der Waals surface area contributed by atoms with Crippen LogP contribution in [-0.2, 0) is 11.3 Å². The standard InChI is InChI=1S/C19H18N2O2/c22-18-15-9-4-5-10-16(15)21(13-14-7-2-1-3-8-14)19(23)17-11-6-12-20(17)18/h1-5,7-10,17H,6,11-13H2. The number of rotatable bonds is 2. The summed E-state index contributed by atoms with van der Waals surface area (Å²) in [7, 11) is 0. The van der Waals surface area contributed by atoms with Crippen LogP contribution in [0.5, 0.6) is 0 Å². The number of hydrogen-bond donors (Lipinski definition) is 0. The van der Waals surface area contributed by atoms with Crippen LogP contribution in [0.25, 0.3) is 0 Å². The zero-order valence-corrected chi connectivity index (χ0v) is 12.8. The third-order valence-corrected chi connectivity index (χ3v) is 4.67. The Morgan fingerprint density at radius 2 is 1.70 bits per heavy atom. The van der Waals surface area contributed by atoms with Crippen LogP contribution in [0.4, 0.5) is 5.69 Å². The summed E-state index contributed by atoms with van der Waals surface area (Å²) in [5, 5.41) is 0. The van der Waals surface area contributed by atoms with Gasteiger partial charge in [0, 0.05) is 6.54 Å². The quantitative estimate of drug-likeness (QED) is 0.856. The molecule has 2 aromatic rings. The highest BCUT2D eigenvalue weighted by Gasteiger charge is 2.41. The number of carbonyl (C=O) groups excluding carboxylic acids is 2. The molecule has 0 N–H and O–H groups in total.